The molecular weight excluding hydrogens is 546 g/mol. The van der Waals surface area contributed by atoms with Crippen LogP contribution in [0.4, 0.5) is 0 Å². The molecule has 1 unspecified atom stereocenters. The second kappa shape index (κ2) is 9.83. The first-order valence-electron chi connectivity index (χ1n) is 18.1. The van der Waals surface area contributed by atoms with Crippen molar-refractivity contribution in [3.63, 3.8) is 0 Å². The topological polar surface area (TPSA) is 89.6 Å². The molecule has 6 rings (SSSR count). The molecule has 0 aromatic heterocycles. The number of carboxylic acid groups (broad SMARTS) is 1. The molecule has 0 bridgehead atoms. The molecule has 6 fully saturated rings. The Kier molecular flexibility index (Phi) is 7.28. The van der Waals surface area contributed by atoms with Gasteiger partial charge in [0.25, 0.3) is 0 Å². The summed E-state index contributed by atoms with van der Waals surface area (Å²) in [4.78, 5) is 26.0. The first-order chi connectivity index (χ1) is 20.2. The Morgan fingerprint density at radius 3 is 2.07 bits per heavy atom. The first-order valence-corrected chi connectivity index (χ1v) is 18.1. The van der Waals surface area contributed by atoms with Crippen LogP contribution in [0.15, 0.2) is 12.2 Å². The lowest BCUT2D eigenvalue weighted by molar-refractivity contribution is -0.246. The number of fused-ring (bicyclic) bond motifs is 7. The van der Waals surface area contributed by atoms with Crippen LogP contribution >= 0.6 is 0 Å². The van der Waals surface area contributed by atoms with E-state index in [1.807, 2.05) is 13.8 Å². The SMILES string of the molecule is C=C(C)[C@@H]1CC[C@]2(N)CC[C@]3(C)[C@H](CC[C@@H]4[C@@]5(C)CC[C@H](OC(=O)C6CC[C@@](C)(C(=O)O)C6(C)C)C(C)(C)[C@@H]5CC[C@]43C)[C@@H]12. The molecule has 0 heterocycles. The summed E-state index contributed by atoms with van der Waals surface area (Å²) in [6.45, 7) is 25.1. The van der Waals surface area contributed by atoms with Crippen molar-refractivity contribution >= 4 is 11.9 Å². The monoisotopic (exact) mass is 609 g/mol. The van der Waals surface area contributed by atoms with E-state index in [0.29, 0.717) is 42.4 Å². The summed E-state index contributed by atoms with van der Waals surface area (Å²) < 4.78 is 6.50. The molecule has 6 aliphatic rings. The average Bonchev–Trinajstić information content (AvgIpc) is 3.40. The largest absolute Gasteiger partial charge is 0.481 e. The van der Waals surface area contributed by atoms with Gasteiger partial charge in [-0.3, -0.25) is 9.59 Å². The number of aliphatic carboxylic acids is 1. The summed E-state index contributed by atoms with van der Waals surface area (Å²) in [7, 11) is 0. The molecule has 248 valence electrons. The number of carbonyl (C=O) groups is 2. The van der Waals surface area contributed by atoms with Crippen molar-refractivity contribution in [3.05, 3.63) is 12.2 Å². The molecule has 6 aliphatic carbocycles. The highest BCUT2D eigenvalue weighted by atomic mass is 16.5. The number of nitrogens with two attached hydrogens (primary N) is 1. The summed E-state index contributed by atoms with van der Waals surface area (Å²) >= 11 is 0. The molecular formula is C39H63NO4. The van der Waals surface area contributed by atoms with Gasteiger partial charge in [-0.15, -0.1) is 0 Å². The van der Waals surface area contributed by atoms with Crippen LogP contribution in [0.1, 0.15) is 139 Å². The van der Waals surface area contributed by atoms with Gasteiger partial charge in [-0.2, -0.15) is 0 Å². The minimum absolute atomic E-state index is 0.0161. The summed E-state index contributed by atoms with van der Waals surface area (Å²) in [5.41, 5.74) is 7.69. The number of carboxylic acids is 1. The molecule has 3 N–H and O–H groups in total. The molecule has 6 saturated carbocycles. The summed E-state index contributed by atoms with van der Waals surface area (Å²) in [6, 6.07) is 0. The molecule has 12 atom stereocenters. The maximum atomic E-state index is 13.8. The van der Waals surface area contributed by atoms with E-state index in [-0.39, 0.29) is 45.2 Å². The highest BCUT2D eigenvalue weighted by Crippen LogP contribution is 2.76. The fourth-order valence-corrected chi connectivity index (χ4v) is 13.9. The number of rotatable bonds is 4. The van der Waals surface area contributed by atoms with Crippen molar-refractivity contribution in [2.45, 2.75) is 151 Å². The summed E-state index contributed by atoms with van der Waals surface area (Å²) in [5.74, 6) is 1.60. The Labute approximate surface area is 267 Å². The summed E-state index contributed by atoms with van der Waals surface area (Å²) in [5, 5.41) is 10.0. The van der Waals surface area contributed by atoms with Gasteiger partial charge in [-0.1, -0.05) is 60.6 Å². The highest BCUT2D eigenvalue weighted by Gasteiger charge is 2.71. The Morgan fingerprint density at radius 2 is 1.45 bits per heavy atom. The van der Waals surface area contributed by atoms with E-state index in [0.717, 1.165) is 25.7 Å². The lowest BCUT2D eigenvalue weighted by Gasteiger charge is -2.72. The standard InChI is InChI=1S/C39H63NO4/c1-23(2)24-13-20-39(40)22-21-36(8)25(30(24)39)11-12-28-35(7)17-16-29(33(3,4)27(35)15-19-37(28,36)9)44-31(41)26-14-18-38(10,32(42)43)34(26,5)6/h24-30H,1,11-22,40H2,2-10H3,(H,42,43)/t24-,25+,26?,27-,28+,29-,30+,35-,36+,37+,38-,39-/m0/s1. The van der Waals surface area contributed by atoms with E-state index >= 15 is 0 Å². The van der Waals surface area contributed by atoms with Crippen molar-refractivity contribution in [2.24, 2.45) is 73.7 Å². The van der Waals surface area contributed by atoms with E-state index in [1.165, 1.54) is 44.1 Å². The van der Waals surface area contributed by atoms with Crippen LogP contribution < -0.4 is 5.73 Å². The lowest BCUT2D eigenvalue weighted by Crippen LogP contribution is -2.68. The van der Waals surface area contributed by atoms with Crippen molar-refractivity contribution < 1.29 is 19.4 Å². The quantitative estimate of drug-likeness (QED) is 0.246. The van der Waals surface area contributed by atoms with Crippen LogP contribution in [0.25, 0.3) is 0 Å². The Bertz CT molecular complexity index is 1240. The predicted molar refractivity (Wildman–Crippen MR) is 176 cm³/mol. The summed E-state index contributed by atoms with van der Waals surface area (Å²) in [6.07, 6.45) is 12.7. The van der Waals surface area contributed by atoms with Crippen molar-refractivity contribution in [3.8, 4) is 0 Å². The van der Waals surface area contributed by atoms with Gasteiger partial charge in [0.15, 0.2) is 0 Å². The molecule has 0 spiro atoms. The fourth-order valence-electron chi connectivity index (χ4n) is 13.9. The van der Waals surface area contributed by atoms with Crippen molar-refractivity contribution in [1.82, 2.24) is 0 Å². The van der Waals surface area contributed by atoms with Gasteiger partial charge in [0, 0.05) is 11.0 Å². The van der Waals surface area contributed by atoms with Gasteiger partial charge in [0.1, 0.15) is 6.10 Å². The zero-order valence-corrected chi connectivity index (χ0v) is 29.5. The molecule has 0 radical (unpaired) electrons. The molecule has 5 heteroatoms. The molecule has 0 amide bonds. The number of carbonyl (C=O) groups excluding carboxylic acids is 1. The molecule has 0 aliphatic heterocycles. The van der Waals surface area contributed by atoms with Crippen LogP contribution in [-0.4, -0.2) is 28.7 Å². The number of hydrogen-bond acceptors (Lipinski definition) is 4. The normalized spacial score (nSPS) is 52.2. The van der Waals surface area contributed by atoms with E-state index in [1.54, 1.807) is 6.92 Å². The van der Waals surface area contributed by atoms with E-state index < -0.39 is 16.8 Å². The van der Waals surface area contributed by atoms with Gasteiger partial charge in [0.05, 0.1) is 11.3 Å². The second-order valence-corrected chi connectivity index (χ2v) is 19.2. The Morgan fingerprint density at radius 1 is 0.773 bits per heavy atom. The molecule has 44 heavy (non-hydrogen) atoms. The van der Waals surface area contributed by atoms with Gasteiger partial charge in [0.2, 0.25) is 0 Å². The Balaban J connectivity index is 1.24. The fraction of sp³-hybridized carbons (Fsp3) is 0.897. The lowest BCUT2D eigenvalue weighted by atomic mass is 9.32. The van der Waals surface area contributed by atoms with Crippen LogP contribution in [0.5, 0.6) is 0 Å². The van der Waals surface area contributed by atoms with Crippen LogP contribution in [0.2, 0.25) is 0 Å². The zero-order valence-electron chi connectivity index (χ0n) is 29.5. The van der Waals surface area contributed by atoms with Crippen molar-refractivity contribution in [2.75, 3.05) is 0 Å². The van der Waals surface area contributed by atoms with Gasteiger partial charge >= 0.3 is 11.9 Å². The maximum Gasteiger partial charge on any atom is 0.309 e. The third-order valence-corrected chi connectivity index (χ3v) is 17.3. The van der Waals surface area contributed by atoms with Crippen molar-refractivity contribution in [1.29, 1.82) is 0 Å². The van der Waals surface area contributed by atoms with Gasteiger partial charge in [-0.05, 0) is 142 Å². The maximum absolute atomic E-state index is 13.8. The first kappa shape index (κ1) is 32.6. The molecule has 0 aromatic carbocycles. The van der Waals surface area contributed by atoms with Gasteiger partial charge < -0.3 is 15.6 Å². The highest BCUT2D eigenvalue weighted by molar-refractivity contribution is 5.81. The smallest absolute Gasteiger partial charge is 0.309 e. The third kappa shape index (κ3) is 3.98. The number of hydrogen-bond donors (Lipinski definition) is 2. The van der Waals surface area contributed by atoms with Gasteiger partial charge in [-0.25, -0.2) is 0 Å². The van der Waals surface area contributed by atoms with E-state index in [2.05, 4.69) is 48.1 Å². The number of esters is 1. The second-order valence-electron chi connectivity index (χ2n) is 19.2. The van der Waals surface area contributed by atoms with E-state index in [4.69, 9.17) is 10.5 Å². The minimum Gasteiger partial charge on any atom is -0.481 e. The number of ether oxygens (including phenoxy) is 1. The minimum atomic E-state index is -0.911. The van der Waals surface area contributed by atoms with Crippen LogP contribution in [-0.2, 0) is 14.3 Å². The molecule has 0 aromatic rings. The third-order valence-electron chi connectivity index (χ3n) is 17.3. The average molecular weight is 610 g/mol. The zero-order chi connectivity index (χ0) is 32.5. The van der Waals surface area contributed by atoms with Crippen LogP contribution in [0, 0.1) is 68.0 Å². The molecule has 0 saturated heterocycles. The Hall–Kier alpha value is -1.36. The number of allylic oxidation sites excluding steroid dienone is 1. The molecule has 5 nitrogen and oxygen atoms in total. The van der Waals surface area contributed by atoms with E-state index in [9.17, 15) is 14.7 Å². The predicted octanol–water partition coefficient (Wildman–Crippen LogP) is 8.79. The van der Waals surface area contributed by atoms with Crippen LogP contribution in [0.3, 0.4) is 0 Å².